The Bertz CT molecular complexity index is 475. The standard InChI is InChI=1S/C13H22N6/c1-5-6-14-13(16-11-7-9(11)2)15-8-12-18-17-10(3)19(12)4/h5,9,11H,1,6-8H2,2-4H3,(H2,14,15,16). The first-order valence-corrected chi connectivity index (χ1v) is 6.62. The predicted molar refractivity (Wildman–Crippen MR) is 75.8 cm³/mol. The zero-order valence-corrected chi connectivity index (χ0v) is 11.8. The summed E-state index contributed by atoms with van der Waals surface area (Å²) in [4.78, 5) is 4.54. The minimum absolute atomic E-state index is 0.519. The molecule has 1 aliphatic carbocycles. The number of aliphatic imine (C=N–C) groups is 1. The van der Waals surface area contributed by atoms with Gasteiger partial charge >= 0.3 is 0 Å². The van der Waals surface area contributed by atoms with Crippen LogP contribution < -0.4 is 10.6 Å². The fourth-order valence-electron chi connectivity index (χ4n) is 1.76. The maximum Gasteiger partial charge on any atom is 0.192 e. The highest BCUT2D eigenvalue weighted by atomic mass is 15.3. The Hall–Kier alpha value is -1.85. The van der Waals surface area contributed by atoms with E-state index in [4.69, 9.17) is 0 Å². The van der Waals surface area contributed by atoms with Crippen molar-refractivity contribution in [2.45, 2.75) is 32.9 Å². The third-order valence-electron chi connectivity index (χ3n) is 3.41. The SMILES string of the molecule is C=CCNC(=NCc1nnc(C)n1C)NC1CC1C. The molecule has 0 aromatic carbocycles. The lowest BCUT2D eigenvalue weighted by molar-refractivity contribution is 0.746. The largest absolute Gasteiger partial charge is 0.353 e. The fourth-order valence-corrected chi connectivity index (χ4v) is 1.76. The second-order valence-corrected chi connectivity index (χ2v) is 5.02. The van der Waals surface area contributed by atoms with Crippen molar-refractivity contribution < 1.29 is 0 Å². The second-order valence-electron chi connectivity index (χ2n) is 5.02. The number of rotatable bonds is 5. The predicted octanol–water partition coefficient (Wildman–Crippen LogP) is 0.753. The van der Waals surface area contributed by atoms with Gasteiger partial charge in [-0.05, 0) is 19.3 Å². The molecule has 2 rings (SSSR count). The van der Waals surface area contributed by atoms with Crippen LogP contribution in [0.2, 0.25) is 0 Å². The molecule has 1 aromatic heterocycles. The third-order valence-corrected chi connectivity index (χ3v) is 3.41. The van der Waals surface area contributed by atoms with E-state index in [0.717, 1.165) is 23.5 Å². The maximum atomic E-state index is 4.54. The molecule has 2 atom stereocenters. The Morgan fingerprint density at radius 2 is 2.32 bits per heavy atom. The molecule has 6 nitrogen and oxygen atoms in total. The summed E-state index contributed by atoms with van der Waals surface area (Å²) in [5, 5.41) is 14.8. The minimum Gasteiger partial charge on any atom is -0.353 e. The lowest BCUT2D eigenvalue weighted by Crippen LogP contribution is -2.39. The summed E-state index contributed by atoms with van der Waals surface area (Å²) in [5.41, 5.74) is 0. The van der Waals surface area contributed by atoms with Crippen LogP contribution in [0.5, 0.6) is 0 Å². The molecule has 0 radical (unpaired) electrons. The van der Waals surface area contributed by atoms with Crippen molar-refractivity contribution in [2.24, 2.45) is 18.0 Å². The number of aromatic nitrogens is 3. The highest BCUT2D eigenvalue weighted by Crippen LogP contribution is 2.28. The van der Waals surface area contributed by atoms with Gasteiger partial charge in [-0.3, -0.25) is 0 Å². The zero-order valence-electron chi connectivity index (χ0n) is 11.8. The fraction of sp³-hybridized carbons (Fsp3) is 0.615. The summed E-state index contributed by atoms with van der Waals surface area (Å²) < 4.78 is 1.95. The first-order chi connectivity index (χ1) is 9.11. The van der Waals surface area contributed by atoms with Gasteiger partial charge in [-0.25, -0.2) is 4.99 Å². The van der Waals surface area contributed by atoms with Gasteiger partial charge in [-0.1, -0.05) is 13.0 Å². The molecular formula is C13H22N6. The van der Waals surface area contributed by atoms with E-state index in [-0.39, 0.29) is 0 Å². The van der Waals surface area contributed by atoms with E-state index in [9.17, 15) is 0 Å². The van der Waals surface area contributed by atoms with Gasteiger partial charge < -0.3 is 15.2 Å². The molecule has 1 saturated carbocycles. The van der Waals surface area contributed by atoms with Gasteiger partial charge in [-0.15, -0.1) is 16.8 Å². The lowest BCUT2D eigenvalue weighted by atomic mass is 10.5. The Morgan fingerprint density at radius 3 is 2.84 bits per heavy atom. The number of hydrogen-bond acceptors (Lipinski definition) is 3. The first-order valence-electron chi connectivity index (χ1n) is 6.62. The summed E-state index contributed by atoms with van der Waals surface area (Å²) in [6.45, 7) is 9.09. The molecule has 0 bridgehead atoms. The van der Waals surface area contributed by atoms with Gasteiger partial charge in [0.15, 0.2) is 11.8 Å². The van der Waals surface area contributed by atoms with E-state index in [1.165, 1.54) is 6.42 Å². The Kier molecular flexibility index (Phi) is 4.19. The average molecular weight is 262 g/mol. The summed E-state index contributed by atoms with van der Waals surface area (Å²) in [6, 6.07) is 0.539. The highest BCUT2D eigenvalue weighted by Gasteiger charge is 2.33. The van der Waals surface area contributed by atoms with Crippen molar-refractivity contribution >= 4 is 5.96 Å². The minimum atomic E-state index is 0.519. The van der Waals surface area contributed by atoms with Gasteiger partial charge in [0.05, 0.1) is 0 Å². The molecule has 1 aliphatic rings. The van der Waals surface area contributed by atoms with Crippen LogP contribution >= 0.6 is 0 Å². The molecule has 104 valence electrons. The van der Waals surface area contributed by atoms with Crippen LogP contribution in [-0.4, -0.2) is 33.3 Å². The molecule has 2 N–H and O–H groups in total. The molecule has 6 heteroatoms. The smallest absolute Gasteiger partial charge is 0.192 e. The summed E-state index contributed by atoms with van der Waals surface area (Å²) in [6.07, 6.45) is 3.03. The molecule has 1 fully saturated rings. The number of aryl methyl sites for hydroxylation is 1. The summed E-state index contributed by atoms with van der Waals surface area (Å²) in [5.74, 6) is 3.30. The van der Waals surface area contributed by atoms with Gasteiger partial charge in [-0.2, -0.15) is 0 Å². The van der Waals surface area contributed by atoms with Crippen LogP contribution in [0.4, 0.5) is 0 Å². The van der Waals surface area contributed by atoms with Crippen LogP contribution in [0.15, 0.2) is 17.6 Å². The van der Waals surface area contributed by atoms with Crippen LogP contribution in [0.3, 0.4) is 0 Å². The third kappa shape index (κ3) is 3.56. The normalized spacial score (nSPS) is 22.2. The lowest BCUT2D eigenvalue weighted by Gasteiger charge is -2.10. The van der Waals surface area contributed by atoms with E-state index in [1.807, 2.05) is 24.6 Å². The van der Waals surface area contributed by atoms with Crippen LogP contribution in [0.25, 0.3) is 0 Å². The van der Waals surface area contributed by atoms with E-state index in [0.29, 0.717) is 19.1 Å². The van der Waals surface area contributed by atoms with Crippen LogP contribution in [0, 0.1) is 12.8 Å². The van der Waals surface area contributed by atoms with E-state index < -0.39 is 0 Å². The first kappa shape index (κ1) is 13.6. The molecular weight excluding hydrogens is 240 g/mol. The number of guanidine groups is 1. The summed E-state index contributed by atoms with van der Waals surface area (Å²) in [7, 11) is 1.95. The van der Waals surface area contributed by atoms with Crippen molar-refractivity contribution in [1.29, 1.82) is 0 Å². The van der Waals surface area contributed by atoms with Gasteiger partial charge in [0.25, 0.3) is 0 Å². The second kappa shape index (κ2) is 5.86. The van der Waals surface area contributed by atoms with Gasteiger partial charge in [0.1, 0.15) is 12.4 Å². The number of hydrogen-bond donors (Lipinski definition) is 2. The van der Waals surface area contributed by atoms with E-state index >= 15 is 0 Å². The Labute approximate surface area is 114 Å². The Morgan fingerprint density at radius 1 is 1.58 bits per heavy atom. The number of nitrogens with one attached hydrogen (secondary N) is 2. The van der Waals surface area contributed by atoms with Gasteiger partial charge in [0, 0.05) is 19.6 Å². The molecule has 1 aromatic rings. The van der Waals surface area contributed by atoms with Crippen molar-refractivity contribution in [3.05, 3.63) is 24.3 Å². The van der Waals surface area contributed by atoms with Gasteiger partial charge in [0.2, 0.25) is 0 Å². The average Bonchev–Trinajstić information content (AvgIpc) is 3.00. The topological polar surface area (TPSA) is 67.1 Å². The summed E-state index contributed by atoms with van der Waals surface area (Å²) >= 11 is 0. The maximum absolute atomic E-state index is 4.54. The molecule has 0 spiro atoms. The monoisotopic (exact) mass is 262 g/mol. The van der Waals surface area contributed by atoms with Crippen molar-refractivity contribution in [3.8, 4) is 0 Å². The molecule has 0 aliphatic heterocycles. The van der Waals surface area contributed by atoms with Crippen molar-refractivity contribution in [3.63, 3.8) is 0 Å². The van der Waals surface area contributed by atoms with E-state index in [1.54, 1.807) is 0 Å². The quantitative estimate of drug-likeness (QED) is 0.467. The molecule has 2 unspecified atom stereocenters. The zero-order chi connectivity index (χ0) is 13.8. The van der Waals surface area contributed by atoms with Crippen LogP contribution in [0.1, 0.15) is 25.0 Å². The highest BCUT2D eigenvalue weighted by molar-refractivity contribution is 5.80. The molecule has 0 amide bonds. The molecule has 19 heavy (non-hydrogen) atoms. The molecule has 1 heterocycles. The molecule has 0 saturated heterocycles. The van der Waals surface area contributed by atoms with E-state index in [2.05, 4.69) is 39.3 Å². The van der Waals surface area contributed by atoms with Crippen molar-refractivity contribution in [1.82, 2.24) is 25.4 Å². The van der Waals surface area contributed by atoms with Crippen molar-refractivity contribution in [2.75, 3.05) is 6.54 Å². The Balaban J connectivity index is 1.97. The number of nitrogens with zero attached hydrogens (tertiary/aromatic N) is 4. The van der Waals surface area contributed by atoms with Crippen LogP contribution in [-0.2, 0) is 13.6 Å².